The average molecular weight is 514 g/mol. The molecule has 4 aliphatic rings. The zero-order valence-corrected chi connectivity index (χ0v) is 19.2. The highest BCUT2D eigenvalue weighted by atomic mass is 79.9. The molecule has 1 saturated heterocycles. The first kappa shape index (κ1) is 22.2. The SMILES string of the molecule is O=C(NCc1ccc(Br)cc1F)C1C(C(=O)NC2CCNCC2(F)F)C2CCC1C21CC1. The number of rotatable bonds is 5. The van der Waals surface area contributed by atoms with Gasteiger partial charge in [0, 0.05) is 16.6 Å². The van der Waals surface area contributed by atoms with Crippen LogP contribution in [0.3, 0.4) is 0 Å². The minimum atomic E-state index is -3.01. The summed E-state index contributed by atoms with van der Waals surface area (Å²) in [7, 11) is 0. The van der Waals surface area contributed by atoms with Gasteiger partial charge in [0.1, 0.15) is 5.82 Å². The lowest BCUT2D eigenvalue weighted by Gasteiger charge is -2.35. The summed E-state index contributed by atoms with van der Waals surface area (Å²) in [6.07, 6.45) is 3.87. The number of piperidine rings is 1. The van der Waals surface area contributed by atoms with Crippen molar-refractivity contribution in [1.29, 1.82) is 0 Å². The monoisotopic (exact) mass is 513 g/mol. The predicted molar refractivity (Wildman–Crippen MR) is 115 cm³/mol. The van der Waals surface area contributed by atoms with Gasteiger partial charge >= 0.3 is 0 Å². The van der Waals surface area contributed by atoms with E-state index in [9.17, 15) is 22.8 Å². The summed E-state index contributed by atoms with van der Waals surface area (Å²) in [6, 6.07) is 3.43. The number of carbonyl (C=O) groups is 2. The molecule has 0 radical (unpaired) electrons. The van der Waals surface area contributed by atoms with Gasteiger partial charge in [0.05, 0.1) is 24.4 Å². The van der Waals surface area contributed by atoms with Crippen molar-refractivity contribution in [2.45, 2.75) is 50.6 Å². The molecule has 1 spiro atoms. The van der Waals surface area contributed by atoms with E-state index in [0.717, 1.165) is 25.7 Å². The van der Waals surface area contributed by atoms with E-state index in [1.165, 1.54) is 6.07 Å². The second kappa shape index (κ2) is 8.01. The zero-order chi connectivity index (χ0) is 22.7. The lowest BCUT2D eigenvalue weighted by atomic mass is 9.78. The number of benzene rings is 1. The highest BCUT2D eigenvalue weighted by Crippen LogP contribution is 2.74. The molecule has 2 bridgehead atoms. The minimum absolute atomic E-state index is 0.00348. The van der Waals surface area contributed by atoms with Gasteiger partial charge in [-0.1, -0.05) is 22.0 Å². The van der Waals surface area contributed by atoms with E-state index in [4.69, 9.17) is 0 Å². The van der Waals surface area contributed by atoms with Crippen molar-refractivity contribution in [3.8, 4) is 0 Å². The van der Waals surface area contributed by atoms with E-state index in [2.05, 4.69) is 31.9 Å². The lowest BCUT2D eigenvalue weighted by molar-refractivity contribution is -0.140. The number of halogens is 4. The van der Waals surface area contributed by atoms with Crippen molar-refractivity contribution >= 4 is 27.7 Å². The molecule has 3 N–H and O–H groups in total. The number of hydrogen-bond acceptors (Lipinski definition) is 3. The van der Waals surface area contributed by atoms with Gasteiger partial charge in [0.25, 0.3) is 5.92 Å². The van der Waals surface area contributed by atoms with E-state index in [1.807, 2.05) is 0 Å². The van der Waals surface area contributed by atoms with Gasteiger partial charge in [-0.25, -0.2) is 13.2 Å². The molecule has 174 valence electrons. The van der Waals surface area contributed by atoms with Gasteiger partial charge in [-0.2, -0.15) is 0 Å². The fourth-order valence-electron chi connectivity index (χ4n) is 6.61. The highest BCUT2D eigenvalue weighted by Gasteiger charge is 2.71. The van der Waals surface area contributed by atoms with Gasteiger partial charge < -0.3 is 16.0 Å². The van der Waals surface area contributed by atoms with Crippen LogP contribution in [-0.4, -0.2) is 36.9 Å². The van der Waals surface area contributed by atoms with Crippen molar-refractivity contribution in [3.05, 3.63) is 34.1 Å². The molecule has 1 aliphatic heterocycles. The van der Waals surface area contributed by atoms with E-state index in [0.29, 0.717) is 16.6 Å². The third-order valence-corrected chi connectivity index (χ3v) is 8.71. The molecule has 3 saturated carbocycles. The molecule has 4 fully saturated rings. The van der Waals surface area contributed by atoms with E-state index in [-0.39, 0.29) is 36.1 Å². The molecule has 1 aromatic rings. The first-order valence-electron chi connectivity index (χ1n) is 11.3. The summed E-state index contributed by atoms with van der Waals surface area (Å²) in [5, 5.41) is 8.09. The van der Waals surface area contributed by atoms with Crippen LogP contribution >= 0.6 is 15.9 Å². The van der Waals surface area contributed by atoms with Crippen LogP contribution in [0.5, 0.6) is 0 Å². The molecule has 2 amide bonds. The Labute approximate surface area is 193 Å². The quantitative estimate of drug-likeness (QED) is 0.565. The number of carbonyl (C=O) groups excluding carboxylic acids is 2. The Morgan fingerprint density at radius 1 is 1.09 bits per heavy atom. The van der Waals surface area contributed by atoms with Crippen LogP contribution in [0.4, 0.5) is 13.2 Å². The first-order chi connectivity index (χ1) is 15.2. The smallest absolute Gasteiger partial charge is 0.280 e. The number of amides is 2. The molecule has 5 nitrogen and oxygen atoms in total. The van der Waals surface area contributed by atoms with Crippen molar-refractivity contribution in [2.75, 3.05) is 13.1 Å². The molecule has 1 heterocycles. The minimum Gasteiger partial charge on any atom is -0.352 e. The molecular weight excluding hydrogens is 487 g/mol. The van der Waals surface area contributed by atoms with E-state index in [1.54, 1.807) is 12.1 Å². The topological polar surface area (TPSA) is 70.2 Å². The summed E-state index contributed by atoms with van der Waals surface area (Å²) in [4.78, 5) is 26.5. The molecule has 32 heavy (non-hydrogen) atoms. The number of nitrogens with one attached hydrogen (secondary N) is 3. The Kier molecular flexibility index (Phi) is 5.55. The Morgan fingerprint density at radius 2 is 1.78 bits per heavy atom. The van der Waals surface area contributed by atoms with E-state index >= 15 is 0 Å². The van der Waals surface area contributed by atoms with Crippen LogP contribution in [0.1, 0.15) is 37.7 Å². The van der Waals surface area contributed by atoms with Crippen LogP contribution in [0.25, 0.3) is 0 Å². The van der Waals surface area contributed by atoms with E-state index < -0.39 is 42.1 Å². The highest BCUT2D eigenvalue weighted by molar-refractivity contribution is 9.10. The average Bonchev–Trinajstić information content (AvgIpc) is 3.41. The second-order valence-corrected chi connectivity index (χ2v) is 10.7. The summed E-state index contributed by atoms with van der Waals surface area (Å²) < 4.78 is 43.4. The van der Waals surface area contributed by atoms with Gasteiger partial charge in [-0.3, -0.25) is 9.59 Å². The molecule has 5 unspecified atom stereocenters. The third kappa shape index (κ3) is 3.65. The van der Waals surface area contributed by atoms with Gasteiger partial charge in [0.2, 0.25) is 11.8 Å². The second-order valence-electron chi connectivity index (χ2n) is 9.82. The largest absolute Gasteiger partial charge is 0.352 e. The van der Waals surface area contributed by atoms with Crippen molar-refractivity contribution < 1.29 is 22.8 Å². The van der Waals surface area contributed by atoms with Crippen LogP contribution < -0.4 is 16.0 Å². The van der Waals surface area contributed by atoms with Crippen LogP contribution in [-0.2, 0) is 16.1 Å². The summed E-state index contributed by atoms with van der Waals surface area (Å²) in [6.45, 7) is -0.00925. The summed E-state index contributed by atoms with van der Waals surface area (Å²) >= 11 is 3.22. The molecule has 5 atom stereocenters. The van der Waals surface area contributed by atoms with Crippen LogP contribution in [0.2, 0.25) is 0 Å². The third-order valence-electron chi connectivity index (χ3n) is 8.22. The fourth-order valence-corrected chi connectivity index (χ4v) is 6.94. The Morgan fingerprint density at radius 3 is 2.41 bits per heavy atom. The molecular formula is C23H27BrF3N3O2. The predicted octanol–water partition coefficient (Wildman–Crippen LogP) is 3.37. The Bertz CT molecular complexity index is 939. The van der Waals surface area contributed by atoms with Crippen LogP contribution in [0, 0.1) is 34.9 Å². The number of hydrogen-bond donors (Lipinski definition) is 3. The Hall–Kier alpha value is -1.61. The van der Waals surface area contributed by atoms with Crippen molar-refractivity contribution in [2.24, 2.45) is 29.1 Å². The lowest BCUT2D eigenvalue weighted by Crippen LogP contribution is -2.59. The maximum atomic E-state index is 14.3. The number of alkyl halides is 2. The van der Waals surface area contributed by atoms with Gasteiger partial charge in [-0.05, 0) is 68.0 Å². The van der Waals surface area contributed by atoms with Crippen molar-refractivity contribution in [3.63, 3.8) is 0 Å². The molecule has 9 heteroatoms. The maximum Gasteiger partial charge on any atom is 0.280 e. The van der Waals surface area contributed by atoms with Gasteiger partial charge in [-0.15, -0.1) is 0 Å². The van der Waals surface area contributed by atoms with Crippen molar-refractivity contribution in [1.82, 2.24) is 16.0 Å². The first-order valence-corrected chi connectivity index (χ1v) is 12.1. The normalized spacial score (nSPS) is 33.8. The molecule has 0 aromatic heterocycles. The van der Waals surface area contributed by atoms with Gasteiger partial charge in [0.15, 0.2) is 0 Å². The maximum absolute atomic E-state index is 14.3. The van der Waals surface area contributed by atoms with Crippen LogP contribution in [0.15, 0.2) is 22.7 Å². The fraction of sp³-hybridized carbons (Fsp3) is 0.652. The molecule has 3 aliphatic carbocycles. The molecule has 1 aromatic carbocycles. The summed E-state index contributed by atoms with van der Waals surface area (Å²) in [5.41, 5.74) is 0.366. The molecule has 5 rings (SSSR count). The zero-order valence-electron chi connectivity index (χ0n) is 17.6. The standard InChI is InChI=1S/C23H27BrF3N3O2/c24-13-2-1-12(16(25)9-13)10-29-20(31)18-14-3-4-15(22(14)6-7-22)19(18)21(32)30-17-5-8-28-11-23(17,26)27/h1-2,9,14-15,17-19,28H,3-8,10-11H2,(H,29,31)(H,30,32). The Balaban J connectivity index is 1.33. The summed E-state index contributed by atoms with van der Waals surface area (Å²) in [5.74, 6) is -5.14.